The Morgan fingerprint density at radius 3 is 1.07 bits per heavy atom. The first-order chi connectivity index (χ1) is 22.5. The lowest BCUT2D eigenvalue weighted by atomic mass is 9.84. The van der Waals surface area contributed by atoms with Crippen molar-refractivity contribution in [1.82, 2.24) is 0 Å². The molecule has 0 heterocycles. The Labute approximate surface area is 263 Å². The van der Waals surface area contributed by atoms with Gasteiger partial charge in [-0.1, -0.05) is 48.5 Å². The number of nitriles is 8. The number of nitrogens with zero attached hydrogens (tertiary/aromatic N) is 8. The van der Waals surface area contributed by atoms with Crippen molar-refractivity contribution in [2.75, 3.05) is 0 Å². The summed E-state index contributed by atoms with van der Waals surface area (Å²) in [4.78, 5) is 0. The van der Waals surface area contributed by atoms with Crippen LogP contribution in [0.3, 0.4) is 0 Å². The van der Waals surface area contributed by atoms with Gasteiger partial charge in [-0.15, -0.1) is 0 Å². The van der Waals surface area contributed by atoms with Crippen molar-refractivity contribution < 1.29 is 0 Å². The van der Waals surface area contributed by atoms with E-state index >= 15 is 0 Å². The first-order valence-electron chi connectivity index (χ1n) is 13.5. The van der Waals surface area contributed by atoms with Crippen LogP contribution in [0.4, 0.5) is 0 Å². The summed E-state index contributed by atoms with van der Waals surface area (Å²) < 4.78 is 0. The average Bonchev–Trinajstić information content (AvgIpc) is 3.62. The Morgan fingerprint density at radius 1 is 0.391 bits per heavy atom. The second-order valence-electron chi connectivity index (χ2n) is 10.1. The maximum absolute atomic E-state index is 10.2. The Balaban J connectivity index is 1.81. The highest BCUT2D eigenvalue weighted by atomic mass is 14.4. The van der Waals surface area contributed by atoms with E-state index in [0.717, 1.165) is 0 Å². The Hall–Kier alpha value is -7.98. The molecule has 0 aliphatic heterocycles. The largest absolute Gasteiger partial charge is 0.192 e. The first-order valence-corrected chi connectivity index (χ1v) is 13.5. The van der Waals surface area contributed by atoms with Gasteiger partial charge in [-0.2, -0.15) is 42.1 Å². The van der Waals surface area contributed by atoms with Crippen LogP contribution in [0, 0.1) is 90.6 Å². The van der Waals surface area contributed by atoms with Gasteiger partial charge in [0.25, 0.3) is 0 Å². The van der Waals surface area contributed by atoms with Crippen LogP contribution in [0.15, 0.2) is 83.9 Å². The van der Waals surface area contributed by atoms with Crippen molar-refractivity contribution in [3.05, 3.63) is 128 Å². The van der Waals surface area contributed by atoms with Crippen molar-refractivity contribution in [3.8, 4) is 70.8 Å². The summed E-state index contributed by atoms with van der Waals surface area (Å²) >= 11 is 0. The van der Waals surface area contributed by atoms with Crippen LogP contribution in [-0.4, -0.2) is 0 Å². The maximum Gasteiger partial charge on any atom is 0.138 e. The number of fused-ring (bicyclic) bond motifs is 4. The minimum atomic E-state index is -0.184. The number of hydrogen-bond donors (Lipinski definition) is 0. The molecule has 2 aliphatic carbocycles. The van der Waals surface area contributed by atoms with Crippen LogP contribution >= 0.6 is 0 Å². The zero-order valence-electron chi connectivity index (χ0n) is 23.5. The lowest BCUT2D eigenvalue weighted by Gasteiger charge is -2.17. The molecule has 0 radical (unpaired) electrons. The fourth-order valence-corrected chi connectivity index (χ4v) is 6.16. The predicted octanol–water partition coefficient (Wildman–Crippen LogP) is 7.05. The predicted molar refractivity (Wildman–Crippen MR) is 166 cm³/mol. The minimum Gasteiger partial charge on any atom is -0.192 e. The van der Waals surface area contributed by atoms with Gasteiger partial charge in [0.05, 0.1) is 22.3 Å². The van der Waals surface area contributed by atoms with Crippen molar-refractivity contribution in [2.45, 2.75) is 0 Å². The van der Waals surface area contributed by atoms with Gasteiger partial charge in [0.2, 0.25) is 0 Å². The van der Waals surface area contributed by atoms with Crippen LogP contribution in [-0.2, 0) is 0 Å². The number of benzene rings is 4. The van der Waals surface area contributed by atoms with E-state index in [1.54, 1.807) is 60.7 Å². The second kappa shape index (κ2) is 11.0. The quantitative estimate of drug-likeness (QED) is 0.225. The monoisotopic (exact) mass is 580 g/mol. The molecule has 0 aromatic heterocycles. The highest BCUT2D eigenvalue weighted by Crippen LogP contribution is 2.62. The summed E-state index contributed by atoms with van der Waals surface area (Å²) in [6, 6.07) is 36.4. The lowest BCUT2D eigenvalue weighted by molar-refractivity contribution is 1.42. The van der Waals surface area contributed by atoms with Crippen LogP contribution < -0.4 is 0 Å². The average molecular weight is 581 g/mol. The van der Waals surface area contributed by atoms with Crippen molar-refractivity contribution in [3.63, 3.8) is 0 Å². The third-order valence-corrected chi connectivity index (χ3v) is 8.01. The van der Waals surface area contributed by atoms with Gasteiger partial charge in [0.1, 0.15) is 59.7 Å². The number of hydrogen-bond acceptors (Lipinski definition) is 8. The fourth-order valence-electron chi connectivity index (χ4n) is 6.16. The van der Waals surface area contributed by atoms with E-state index in [-0.39, 0.29) is 33.4 Å². The van der Waals surface area contributed by atoms with Crippen LogP contribution in [0.2, 0.25) is 0 Å². The minimum absolute atomic E-state index is 0.159. The molecule has 0 saturated carbocycles. The SMILES string of the molecule is N#CC(C#N)=C1C2=C(C(=C(C#N)C#N)c3cccc(-c4ccc(C#N)c(C#N)c4)c32)c2c1cccc2-c1ccc(C#N)c(C#N)c1. The van der Waals surface area contributed by atoms with E-state index in [2.05, 4.69) is 12.1 Å². The van der Waals surface area contributed by atoms with E-state index in [0.29, 0.717) is 66.8 Å². The molecule has 4 aromatic rings. The Morgan fingerprint density at radius 2 is 0.739 bits per heavy atom. The summed E-state index contributed by atoms with van der Waals surface area (Å²) in [5, 5.41) is 79.1. The highest BCUT2D eigenvalue weighted by Gasteiger charge is 2.42. The zero-order valence-corrected chi connectivity index (χ0v) is 23.5. The van der Waals surface area contributed by atoms with E-state index in [4.69, 9.17) is 0 Å². The third-order valence-electron chi connectivity index (χ3n) is 8.01. The van der Waals surface area contributed by atoms with Crippen LogP contribution in [0.1, 0.15) is 44.5 Å². The topological polar surface area (TPSA) is 190 Å². The number of rotatable bonds is 2. The van der Waals surface area contributed by atoms with E-state index in [1.165, 1.54) is 12.1 Å². The fraction of sp³-hybridized carbons (Fsp3) is 0. The van der Waals surface area contributed by atoms with Crippen molar-refractivity contribution in [1.29, 1.82) is 42.1 Å². The normalized spacial score (nSPS) is 11.6. The summed E-state index contributed by atoms with van der Waals surface area (Å²) in [7, 11) is 0. The molecule has 0 N–H and O–H groups in total. The third kappa shape index (κ3) is 3.93. The van der Waals surface area contributed by atoms with Crippen molar-refractivity contribution in [2.24, 2.45) is 0 Å². The molecule has 4 aromatic carbocycles. The van der Waals surface area contributed by atoms with E-state index in [1.807, 2.05) is 36.4 Å². The van der Waals surface area contributed by atoms with Crippen LogP contribution in [0.5, 0.6) is 0 Å². The van der Waals surface area contributed by atoms with Gasteiger partial charge in [-0.3, -0.25) is 0 Å². The van der Waals surface area contributed by atoms with Gasteiger partial charge in [0.15, 0.2) is 0 Å². The molecule has 6 rings (SSSR count). The molecule has 0 bridgehead atoms. The smallest absolute Gasteiger partial charge is 0.138 e. The van der Waals surface area contributed by atoms with Gasteiger partial charge >= 0.3 is 0 Å². The zero-order chi connectivity index (χ0) is 32.5. The summed E-state index contributed by atoms with van der Waals surface area (Å²) in [6.07, 6.45) is 0. The molecular weight excluding hydrogens is 568 g/mol. The summed E-state index contributed by atoms with van der Waals surface area (Å²) in [5.74, 6) is 0. The molecule has 0 amide bonds. The molecular formula is C38H12N8. The molecule has 2 aliphatic rings. The Bertz CT molecular complexity index is 2350. The van der Waals surface area contributed by atoms with Crippen molar-refractivity contribution >= 4 is 22.3 Å². The molecule has 8 nitrogen and oxygen atoms in total. The highest BCUT2D eigenvalue weighted by molar-refractivity contribution is 6.39. The first kappa shape index (κ1) is 28.2. The van der Waals surface area contributed by atoms with Gasteiger partial charge in [-0.05, 0) is 68.8 Å². The van der Waals surface area contributed by atoms with E-state index < -0.39 is 0 Å². The molecule has 0 atom stereocenters. The second-order valence-corrected chi connectivity index (χ2v) is 10.1. The summed E-state index contributed by atoms with van der Waals surface area (Å²) in [5.41, 5.74) is 6.44. The number of allylic oxidation sites excluding steroid dienone is 6. The van der Waals surface area contributed by atoms with E-state index in [9.17, 15) is 42.1 Å². The molecule has 46 heavy (non-hydrogen) atoms. The molecule has 204 valence electrons. The molecule has 0 spiro atoms. The van der Waals surface area contributed by atoms with Crippen LogP contribution in [0.25, 0.3) is 44.5 Å². The molecule has 0 unspecified atom stereocenters. The lowest BCUT2D eigenvalue weighted by Crippen LogP contribution is -1.99. The molecule has 8 heteroatoms. The maximum atomic E-state index is 10.2. The molecule has 0 saturated heterocycles. The van der Waals surface area contributed by atoms with Gasteiger partial charge < -0.3 is 0 Å². The summed E-state index contributed by atoms with van der Waals surface area (Å²) in [6.45, 7) is 0. The molecule has 0 fully saturated rings. The van der Waals surface area contributed by atoms with Gasteiger partial charge in [0, 0.05) is 22.3 Å². The van der Waals surface area contributed by atoms with Gasteiger partial charge in [-0.25, -0.2) is 0 Å². The standard InChI is InChI=1S/C38H12N8/c39-13-23-9-7-21(11-25(23)15-41)29-3-1-5-31-33(27(17-43)18-44)37-36-30(22-8-10-24(14-40)26(12-22)16-42)4-2-6-32(36)34(28(19-45)20-46)38(37)35(29)31/h1-12H. The Kier molecular flexibility index (Phi) is 6.74.